The number of benzene rings is 2. The molecule has 184 valence electrons. The van der Waals surface area contributed by atoms with Gasteiger partial charge >= 0.3 is 0 Å². The fraction of sp³-hybridized carbons (Fsp3) is 0.500. The van der Waals surface area contributed by atoms with Crippen LogP contribution in [0.3, 0.4) is 0 Å². The highest BCUT2D eigenvalue weighted by atomic mass is 31.0. The number of hydrogen-bond donors (Lipinski definition) is 0. The van der Waals surface area contributed by atoms with Crippen molar-refractivity contribution in [2.45, 2.75) is 101 Å². The predicted molar refractivity (Wildman–Crippen MR) is 154 cm³/mol. The molecule has 0 amide bonds. The highest BCUT2D eigenvalue weighted by molar-refractivity contribution is 7.18. The molecule has 0 aliphatic heterocycles. The van der Waals surface area contributed by atoms with Gasteiger partial charge in [-0.3, -0.25) is 4.57 Å². The van der Waals surface area contributed by atoms with E-state index in [1.807, 2.05) is 47.7 Å². The first-order valence-corrected chi connectivity index (χ1v) is 13.4. The third kappa shape index (κ3) is 7.54. The molecule has 0 saturated heterocycles. The first-order valence-electron chi connectivity index (χ1n) is 12.8. The van der Waals surface area contributed by atoms with Gasteiger partial charge in [-0.25, -0.2) is 4.98 Å². The van der Waals surface area contributed by atoms with Crippen LogP contribution in [0.25, 0.3) is 17.1 Å². The lowest BCUT2D eigenvalue weighted by atomic mass is 9.90. The lowest BCUT2D eigenvalue weighted by Crippen LogP contribution is -2.14. The Balaban J connectivity index is 0.00000158. The summed E-state index contributed by atoms with van der Waals surface area (Å²) in [4.78, 5) is 4.79. The molecule has 0 spiro atoms. The van der Waals surface area contributed by atoms with Crippen molar-refractivity contribution in [2.24, 2.45) is 0 Å². The average molecular weight is 469 g/mol. The van der Waals surface area contributed by atoms with Crippen molar-refractivity contribution < 1.29 is 0 Å². The molecule has 0 aliphatic carbocycles. The minimum absolute atomic E-state index is 0.0225. The molecule has 0 aliphatic rings. The minimum atomic E-state index is 0.0225. The van der Waals surface area contributed by atoms with E-state index in [0.717, 1.165) is 18.7 Å². The number of hydrogen-bond acceptors (Lipinski definition) is 1. The summed E-state index contributed by atoms with van der Waals surface area (Å²) in [6.45, 7) is 25.3. The van der Waals surface area contributed by atoms with Gasteiger partial charge in [0.25, 0.3) is 0 Å². The van der Waals surface area contributed by atoms with E-state index in [9.17, 15) is 0 Å². The third-order valence-electron chi connectivity index (χ3n) is 5.60. The Kier molecular flexibility index (Phi) is 14.2. The Hall–Kier alpha value is -1.92. The Labute approximate surface area is 207 Å². The summed E-state index contributed by atoms with van der Waals surface area (Å²) < 4.78 is 2.25. The number of aromatic nitrogens is 2. The molecular formula is C30H49N2P. The van der Waals surface area contributed by atoms with Gasteiger partial charge in [0.15, 0.2) is 0 Å². The van der Waals surface area contributed by atoms with Gasteiger partial charge in [0.1, 0.15) is 5.82 Å². The Morgan fingerprint density at radius 1 is 0.879 bits per heavy atom. The molecule has 1 heterocycles. The number of imidazole rings is 1. The van der Waals surface area contributed by atoms with Crippen LogP contribution in [-0.4, -0.2) is 9.55 Å². The summed E-state index contributed by atoms with van der Waals surface area (Å²) >= 11 is 0. The van der Waals surface area contributed by atoms with E-state index in [0.29, 0.717) is 0 Å². The van der Waals surface area contributed by atoms with E-state index >= 15 is 0 Å². The Morgan fingerprint density at radius 3 is 1.91 bits per heavy atom. The van der Waals surface area contributed by atoms with Gasteiger partial charge < -0.3 is 0 Å². The summed E-state index contributed by atoms with van der Waals surface area (Å²) in [5.74, 6) is 1.02. The topological polar surface area (TPSA) is 17.8 Å². The van der Waals surface area contributed by atoms with Crippen LogP contribution in [0.2, 0.25) is 0 Å². The maximum absolute atomic E-state index is 4.79. The lowest BCUT2D eigenvalue weighted by molar-refractivity contribution is 0.664. The summed E-state index contributed by atoms with van der Waals surface area (Å²) in [6, 6.07) is 11.4. The van der Waals surface area contributed by atoms with Gasteiger partial charge in [-0.1, -0.05) is 98.2 Å². The molecule has 0 radical (unpaired) electrons. The zero-order valence-corrected chi connectivity index (χ0v) is 24.6. The van der Waals surface area contributed by atoms with Crippen LogP contribution in [0.15, 0.2) is 42.7 Å². The maximum atomic E-state index is 4.79. The summed E-state index contributed by atoms with van der Waals surface area (Å²) in [5.41, 5.74) is 9.04. The second-order valence-electron chi connectivity index (χ2n) is 7.87. The average Bonchev–Trinajstić information content (AvgIpc) is 3.31. The van der Waals surface area contributed by atoms with Crippen molar-refractivity contribution in [3.05, 3.63) is 70.5 Å². The van der Waals surface area contributed by atoms with Crippen molar-refractivity contribution >= 4 is 9.24 Å². The molecule has 33 heavy (non-hydrogen) atoms. The molecule has 3 heteroatoms. The van der Waals surface area contributed by atoms with Crippen LogP contribution < -0.4 is 0 Å². The van der Waals surface area contributed by atoms with Crippen molar-refractivity contribution in [3.8, 4) is 17.1 Å². The third-order valence-corrected chi connectivity index (χ3v) is 6.32. The van der Waals surface area contributed by atoms with Gasteiger partial charge in [0.05, 0.1) is 5.69 Å². The van der Waals surface area contributed by atoms with E-state index in [1.54, 1.807) is 0 Å². The monoisotopic (exact) mass is 468 g/mol. The Bertz CT molecular complexity index is 944. The highest BCUT2D eigenvalue weighted by Gasteiger charge is 2.25. The van der Waals surface area contributed by atoms with Crippen molar-refractivity contribution in [1.29, 1.82) is 0 Å². The predicted octanol–water partition coefficient (Wildman–Crippen LogP) is 9.61. The normalized spacial score (nSPS) is 11.7. The summed E-state index contributed by atoms with van der Waals surface area (Å²) in [7, 11) is 3.06. The first-order chi connectivity index (χ1) is 15.8. The van der Waals surface area contributed by atoms with E-state index in [-0.39, 0.29) is 5.16 Å². The van der Waals surface area contributed by atoms with E-state index in [1.165, 1.54) is 39.1 Å². The van der Waals surface area contributed by atoms with Crippen molar-refractivity contribution in [1.82, 2.24) is 9.55 Å². The van der Waals surface area contributed by atoms with Crippen LogP contribution in [0.5, 0.6) is 0 Å². The molecule has 1 aromatic heterocycles. The smallest absolute Gasteiger partial charge is 0.144 e. The van der Waals surface area contributed by atoms with Crippen LogP contribution in [0.4, 0.5) is 0 Å². The van der Waals surface area contributed by atoms with Crippen molar-refractivity contribution in [3.63, 3.8) is 0 Å². The fourth-order valence-electron chi connectivity index (χ4n) is 3.90. The summed E-state index contributed by atoms with van der Waals surface area (Å²) in [6.07, 6.45) is 6.10. The lowest BCUT2D eigenvalue weighted by Gasteiger charge is -2.27. The van der Waals surface area contributed by atoms with Gasteiger partial charge in [-0.15, -0.1) is 9.24 Å². The molecule has 0 bridgehead atoms. The van der Waals surface area contributed by atoms with Crippen LogP contribution in [0, 0.1) is 20.8 Å². The van der Waals surface area contributed by atoms with Crippen molar-refractivity contribution in [2.75, 3.05) is 0 Å². The zero-order valence-electron chi connectivity index (χ0n) is 23.4. The SMILES string of the molecule is CC.CC.CC.CCc1ccc(-c2nccn2-c2c(C)cc(C)cc2C)c(C(C)(P)CC)c1. The van der Waals surface area contributed by atoms with Crippen LogP contribution in [-0.2, 0) is 11.6 Å². The molecule has 3 rings (SSSR count). The van der Waals surface area contributed by atoms with E-state index in [2.05, 4.69) is 91.9 Å². The second-order valence-corrected chi connectivity index (χ2v) is 9.15. The Morgan fingerprint density at radius 2 is 1.42 bits per heavy atom. The fourth-order valence-corrected chi connectivity index (χ4v) is 4.14. The maximum Gasteiger partial charge on any atom is 0.144 e. The molecule has 3 aromatic rings. The van der Waals surface area contributed by atoms with Gasteiger partial charge in [0, 0.05) is 23.1 Å². The molecule has 2 atom stereocenters. The highest BCUT2D eigenvalue weighted by Crippen LogP contribution is 2.41. The first kappa shape index (κ1) is 31.1. The molecule has 2 nitrogen and oxygen atoms in total. The van der Waals surface area contributed by atoms with Gasteiger partial charge in [-0.2, -0.15) is 0 Å². The number of nitrogens with zero attached hydrogens (tertiary/aromatic N) is 2. The largest absolute Gasteiger partial charge is 0.299 e. The molecule has 0 saturated carbocycles. The van der Waals surface area contributed by atoms with Crippen LogP contribution in [0.1, 0.15) is 96.6 Å². The molecule has 2 unspecified atom stereocenters. The van der Waals surface area contributed by atoms with Gasteiger partial charge in [0.2, 0.25) is 0 Å². The summed E-state index contributed by atoms with van der Waals surface area (Å²) in [5, 5.41) is 0.0225. The van der Waals surface area contributed by atoms with E-state index in [4.69, 9.17) is 4.98 Å². The molecule has 2 aromatic carbocycles. The second kappa shape index (κ2) is 15.1. The number of rotatable bonds is 5. The zero-order chi connectivity index (χ0) is 25.8. The minimum Gasteiger partial charge on any atom is -0.299 e. The standard InChI is InChI=1S/C24H31N2P.3C2H6/c1-7-19-9-10-20(21(15-19)24(6,27)8-2)23-25-11-12-26(23)22-17(4)13-16(3)14-18(22)5;3*1-2/h9-15H,7-8,27H2,1-6H3;3*1-2H3. The molecular weight excluding hydrogens is 419 g/mol. The number of aryl methyl sites for hydroxylation is 4. The molecule has 0 N–H and O–H groups in total. The van der Waals surface area contributed by atoms with E-state index < -0.39 is 0 Å². The molecule has 0 fully saturated rings. The van der Waals surface area contributed by atoms with Gasteiger partial charge in [-0.05, 0) is 55.9 Å². The quantitative estimate of drug-likeness (QED) is 0.341. The van der Waals surface area contributed by atoms with Crippen LogP contribution >= 0.6 is 9.24 Å².